The molecule has 1 heterocycles. The lowest BCUT2D eigenvalue weighted by atomic mass is 10.1. The van der Waals surface area contributed by atoms with Crippen LogP contribution in [0.25, 0.3) is 0 Å². The highest BCUT2D eigenvalue weighted by Gasteiger charge is 2.38. The van der Waals surface area contributed by atoms with Crippen molar-refractivity contribution in [2.24, 2.45) is 0 Å². The minimum absolute atomic E-state index is 0.0873. The number of hydrogen-bond donors (Lipinski definition) is 3. The maximum atomic E-state index is 13.6. The second-order valence-corrected chi connectivity index (χ2v) is 12.5. The molecule has 2 aromatic carbocycles. The maximum absolute atomic E-state index is 13.6. The van der Waals surface area contributed by atoms with Crippen LogP contribution in [0.3, 0.4) is 0 Å². The van der Waals surface area contributed by atoms with E-state index in [0.717, 1.165) is 9.80 Å². The molecule has 1 fully saturated rings. The standard InChI is InChI=1S/C23H27F3N4O7S2/c1-29(21(31)28-16-6-5-12-30(15-16)22(32)33)13-11-27-39(36,37)20-14-18(9-10-19(20)23(24,25)26)38(34,35)17-7-3-2-4-8-17/h2-4,7-10,14,16,27H,5-6,11-13,15H2,1H3,(H,28,31)(H,32,33)/t16-/m1/s1. The molecule has 11 nitrogen and oxygen atoms in total. The minimum atomic E-state index is -5.10. The molecule has 3 rings (SSSR count). The van der Waals surface area contributed by atoms with Gasteiger partial charge in [0.2, 0.25) is 19.9 Å². The number of hydrogen-bond acceptors (Lipinski definition) is 6. The van der Waals surface area contributed by atoms with Crippen LogP contribution in [0.5, 0.6) is 0 Å². The van der Waals surface area contributed by atoms with E-state index in [1.165, 1.54) is 31.3 Å². The zero-order valence-corrected chi connectivity index (χ0v) is 22.3. The number of piperidine rings is 1. The van der Waals surface area contributed by atoms with Crippen LogP contribution in [0.2, 0.25) is 0 Å². The molecule has 39 heavy (non-hydrogen) atoms. The predicted octanol–water partition coefficient (Wildman–Crippen LogP) is 2.60. The number of nitrogens with zero attached hydrogens (tertiary/aromatic N) is 2. The van der Waals surface area contributed by atoms with Gasteiger partial charge in [-0.05, 0) is 43.2 Å². The van der Waals surface area contributed by atoms with Crippen LogP contribution in [-0.2, 0) is 26.0 Å². The molecule has 3 amide bonds. The number of carboxylic acid groups (broad SMARTS) is 1. The number of carbonyl (C=O) groups is 2. The SMILES string of the molecule is CN(CCNS(=O)(=O)c1cc(S(=O)(=O)c2ccccc2)ccc1C(F)(F)F)C(=O)N[C@@H]1CCCN(C(=O)O)C1. The van der Waals surface area contributed by atoms with Gasteiger partial charge in [0.15, 0.2) is 0 Å². The molecular formula is C23H27F3N4O7S2. The van der Waals surface area contributed by atoms with Crippen molar-refractivity contribution in [1.29, 1.82) is 0 Å². The fourth-order valence-electron chi connectivity index (χ4n) is 3.94. The second-order valence-electron chi connectivity index (χ2n) is 8.81. The first kappa shape index (κ1) is 30.2. The van der Waals surface area contributed by atoms with Gasteiger partial charge in [0.25, 0.3) is 0 Å². The van der Waals surface area contributed by atoms with Gasteiger partial charge in [0, 0.05) is 39.3 Å². The number of sulfone groups is 1. The molecule has 0 radical (unpaired) electrons. The van der Waals surface area contributed by atoms with E-state index in [-0.39, 0.29) is 18.0 Å². The summed E-state index contributed by atoms with van der Waals surface area (Å²) >= 11 is 0. The molecule has 2 aromatic rings. The molecule has 16 heteroatoms. The normalized spacial score (nSPS) is 16.5. The Kier molecular flexibility index (Phi) is 9.12. The van der Waals surface area contributed by atoms with Crippen LogP contribution in [0, 0.1) is 0 Å². The first-order chi connectivity index (χ1) is 18.1. The molecule has 0 unspecified atom stereocenters. The first-order valence-electron chi connectivity index (χ1n) is 11.6. The number of carbonyl (C=O) groups excluding carboxylic acids is 1. The number of rotatable bonds is 8. The number of benzene rings is 2. The van der Waals surface area contributed by atoms with Crippen molar-refractivity contribution in [3.05, 3.63) is 54.1 Å². The average molecular weight is 593 g/mol. The summed E-state index contributed by atoms with van der Waals surface area (Å²) in [5, 5.41) is 11.7. The number of halogens is 3. The summed E-state index contributed by atoms with van der Waals surface area (Å²) in [4.78, 5) is 23.7. The summed E-state index contributed by atoms with van der Waals surface area (Å²) in [5.74, 6) is 0. The smallest absolute Gasteiger partial charge is 0.417 e. The Morgan fingerprint density at radius 1 is 1.08 bits per heavy atom. The Morgan fingerprint density at radius 2 is 1.74 bits per heavy atom. The monoisotopic (exact) mass is 592 g/mol. The van der Waals surface area contributed by atoms with E-state index in [0.29, 0.717) is 37.6 Å². The van der Waals surface area contributed by atoms with Gasteiger partial charge in [-0.15, -0.1) is 0 Å². The van der Waals surface area contributed by atoms with Crippen molar-refractivity contribution in [2.45, 2.75) is 39.7 Å². The highest BCUT2D eigenvalue weighted by atomic mass is 32.2. The predicted molar refractivity (Wildman–Crippen MR) is 132 cm³/mol. The van der Waals surface area contributed by atoms with Crippen molar-refractivity contribution in [1.82, 2.24) is 19.8 Å². The van der Waals surface area contributed by atoms with Gasteiger partial charge >= 0.3 is 18.3 Å². The molecule has 1 saturated heterocycles. The van der Waals surface area contributed by atoms with Gasteiger partial charge in [-0.1, -0.05) is 18.2 Å². The zero-order chi connectivity index (χ0) is 29.0. The van der Waals surface area contributed by atoms with Gasteiger partial charge in [-0.3, -0.25) is 0 Å². The highest BCUT2D eigenvalue weighted by Crippen LogP contribution is 2.36. The van der Waals surface area contributed by atoms with Crippen molar-refractivity contribution in [3.8, 4) is 0 Å². The topological polar surface area (TPSA) is 153 Å². The number of urea groups is 1. The fraction of sp³-hybridized carbons (Fsp3) is 0.391. The van der Waals surface area contributed by atoms with Gasteiger partial charge in [-0.25, -0.2) is 31.1 Å². The summed E-state index contributed by atoms with van der Waals surface area (Å²) in [6.45, 7) is -0.300. The lowest BCUT2D eigenvalue weighted by molar-refractivity contribution is -0.139. The third kappa shape index (κ3) is 7.39. The molecule has 0 aliphatic carbocycles. The molecule has 1 aliphatic rings. The van der Waals surface area contributed by atoms with E-state index in [1.807, 2.05) is 4.72 Å². The largest absolute Gasteiger partial charge is 0.465 e. The summed E-state index contributed by atoms with van der Waals surface area (Å²) in [6, 6.07) is 7.30. The number of amides is 3. The summed E-state index contributed by atoms with van der Waals surface area (Å²) in [5.41, 5.74) is -1.55. The Morgan fingerprint density at radius 3 is 2.36 bits per heavy atom. The molecule has 0 spiro atoms. The lowest BCUT2D eigenvalue weighted by Crippen LogP contribution is -2.52. The molecule has 1 aliphatic heterocycles. The van der Waals surface area contributed by atoms with Crippen molar-refractivity contribution >= 4 is 32.0 Å². The fourth-order valence-corrected chi connectivity index (χ4v) is 6.60. The number of likely N-dealkylation sites (tertiary alicyclic amines) is 1. The van der Waals surface area contributed by atoms with E-state index < -0.39 is 66.1 Å². The van der Waals surface area contributed by atoms with E-state index >= 15 is 0 Å². The Hall–Kier alpha value is -3.37. The summed E-state index contributed by atoms with van der Waals surface area (Å²) < 4.78 is 94.5. The van der Waals surface area contributed by atoms with Gasteiger partial charge in [0.1, 0.15) is 0 Å². The third-order valence-corrected chi connectivity index (χ3v) is 9.29. The number of likely N-dealkylation sites (N-methyl/N-ethyl adjacent to an activating group) is 1. The molecule has 0 bridgehead atoms. The molecule has 214 valence electrons. The van der Waals surface area contributed by atoms with Crippen LogP contribution < -0.4 is 10.0 Å². The maximum Gasteiger partial charge on any atom is 0.417 e. The van der Waals surface area contributed by atoms with Crippen LogP contribution in [0.15, 0.2) is 63.2 Å². The van der Waals surface area contributed by atoms with E-state index in [2.05, 4.69) is 5.32 Å². The van der Waals surface area contributed by atoms with Crippen LogP contribution >= 0.6 is 0 Å². The van der Waals surface area contributed by atoms with Gasteiger partial charge < -0.3 is 20.2 Å². The van der Waals surface area contributed by atoms with Crippen molar-refractivity contribution in [3.63, 3.8) is 0 Å². The third-order valence-electron chi connectivity index (χ3n) is 6.02. The Balaban J connectivity index is 1.74. The van der Waals surface area contributed by atoms with E-state index in [9.17, 15) is 39.6 Å². The van der Waals surface area contributed by atoms with Crippen molar-refractivity contribution < 1.29 is 44.7 Å². The second kappa shape index (κ2) is 11.8. The summed E-state index contributed by atoms with van der Waals surface area (Å²) in [6.07, 6.45) is -5.13. The Labute approximate surface area is 223 Å². The summed E-state index contributed by atoms with van der Waals surface area (Å²) in [7, 11) is -7.85. The molecule has 1 atom stereocenters. The van der Waals surface area contributed by atoms with E-state index in [4.69, 9.17) is 5.11 Å². The first-order valence-corrected chi connectivity index (χ1v) is 14.6. The number of alkyl halides is 3. The molecule has 0 aromatic heterocycles. The quantitative estimate of drug-likeness (QED) is 0.426. The molecular weight excluding hydrogens is 565 g/mol. The van der Waals surface area contributed by atoms with Crippen LogP contribution in [0.4, 0.5) is 22.8 Å². The van der Waals surface area contributed by atoms with Crippen molar-refractivity contribution in [2.75, 3.05) is 33.2 Å². The van der Waals surface area contributed by atoms with Crippen LogP contribution in [-0.4, -0.2) is 83.1 Å². The minimum Gasteiger partial charge on any atom is -0.465 e. The van der Waals surface area contributed by atoms with Crippen LogP contribution in [0.1, 0.15) is 18.4 Å². The lowest BCUT2D eigenvalue weighted by Gasteiger charge is -2.32. The number of sulfonamides is 1. The highest BCUT2D eigenvalue weighted by molar-refractivity contribution is 7.91. The van der Waals surface area contributed by atoms with E-state index in [1.54, 1.807) is 6.07 Å². The average Bonchev–Trinajstić information content (AvgIpc) is 2.88. The Bertz CT molecular complexity index is 1420. The molecule has 0 saturated carbocycles. The number of nitrogens with one attached hydrogen (secondary N) is 2. The molecule has 3 N–H and O–H groups in total. The van der Waals surface area contributed by atoms with Gasteiger partial charge in [0.05, 0.1) is 20.2 Å². The zero-order valence-electron chi connectivity index (χ0n) is 20.7. The van der Waals surface area contributed by atoms with Gasteiger partial charge in [-0.2, -0.15) is 13.2 Å².